The smallest absolute Gasteiger partial charge is 0.177 e. The van der Waals surface area contributed by atoms with Gasteiger partial charge in [0.2, 0.25) is 0 Å². The van der Waals surface area contributed by atoms with Crippen LogP contribution in [0.4, 0.5) is 4.39 Å². The molecule has 0 aliphatic heterocycles. The molecule has 1 aromatic rings. The molecule has 0 aromatic carbocycles. The summed E-state index contributed by atoms with van der Waals surface area (Å²) in [5.41, 5.74) is 0.589. The van der Waals surface area contributed by atoms with Crippen molar-refractivity contribution in [1.82, 2.24) is 9.97 Å². The van der Waals surface area contributed by atoms with Gasteiger partial charge < -0.3 is 0 Å². The molecule has 2 rings (SSSR count). The Balaban J connectivity index is 2.26. The molecule has 0 N–H and O–H groups in total. The number of halogens is 2. The third kappa shape index (κ3) is 1.95. The van der Waals surface area contributed by atoms with E-state index in [1.165, 1.54) is 25.6 Å². The van der Waals surface area contributed by atoms with Gasteiger partial charge in [-0.05, 0) is 28.8 Å². The van der Waals surface area contributed by atoms with Gasteiger partial charge >= 0.3 is 0 Å². The van der Waals surface area contributed by atoms with E-state index in [0.29, 0.717) is 11.6 Å². The molecule has 0 unspecified atom stereocenters. The second-order valence-corrected chi connectivity index (χ2v) is 4.45. The van der Waals surface area contributed by atoms with Gasteiger partial charge in [0.05, 0.1) is 5.69 Å². The van der Waals surface area contributed by atoms with Crippen molar-refractivity contribution in [2.24, 2.45) is 0 Å². The van der Waals surface area contributed by atoms with Crippen LogP contribution >= 0.6 is 15.9 Å². The Kier molecular flexibility index (Phi) is 3.11. The predicted molar refractivity (Wildman–Crippen MR) is 55.5 cm³/mol. The van der Waals surface area contributed by atoms with Crippen LogP contribution in [0.2, 0.25) is 0 Å². The molecule has 2 nitrogen and oxygen atoms in total. The minimum Gasteiger partial charge on any atom is -0.238 e. The summed E-state index contributed by atoms with van der Waals surface area (Å²) in [6.07, 6.45) is 7.18. The van der Waals surface area contributed by atoms with E-state index >= 15 is 0 Å². The van der Waals surface area contributed by atoms with Crippen molar-refractivity contribution in [3.8, 4) is 0 Å². The second kappa shape index (κ2) is 4.34. The lowest BCUT2D eigenvalue weighted by molar-refractivity contribution is 0.418. The van der Waals surface area contributed by atoms with Crippen molar-refractivity contribution in [1.29, 1.82) is 0 Å². The molecule has 1 fully saturated rings. The summed E-state index contributed by atoms with van der Waals surface area (Å²) in [4.78, 5) is 7.81. The van der Waals surface area contributed by atoms with Crippen LogP contribution < -0.4 is 0 Å². The molecule has 0 atom stereocenters. The van der Waals surface area contributed by atoms with Crippen molar-refractivity contribution >= 4 is 15.9 Å². The van der Waals surface area contributed by atoms with Crippen LogP contribution in [0.25, 0.3) is 0 Å². The average molecular weight is 259 g/mol. The molecule has 1 aliphatic rings. The molecule has 1 saturated carbocycles. The summed E-state index contributed by atoms with van der Waals surface area (Å²) in [5, 5.41) is 0. The Morgan fingerprint density at radius 3 is 2.64 bits per heavy atom. The molecular weight excluding hydrogens is 247 g/mol. The highest BCUT2D eigenvalue weighted by Crippen LogP contribution is 2.33. The van der Waals surface area contributed by atoms with Crippen LogP contribution in [0.1, 0.15) is 43.7 Å². The van der Waals surface area contributed by atoms with Gasteiger partial charge in [-0.25, -0.2) is 14.4 Å². The number of rotatable bonds is 1. The summed E-state index contributed by atoms with van der Waals surface area (Å²) in [6, 6.07) is 0. The molecule has 14 heavy (non-hydrogen) atoms. The Hall–Kier alpha value is -0.510. The maximum atomic E-state index is 13.6. The van der Waals surface area contributed by atoms with E-state index in [4.69, 9.17) is 0 Å². The lowest BCUT2D eigenvalue weighted by atomic mass is 9.87. The van der Waals surface area contributed by atoms with E-state index in [9.17, 15) is 4.39 Å². The molecule has 0 bridgehead atoms. The number of hydrogen-bond donors (Lipinski definition) is 0. The SMILES string of the molecule is Fc1c(Br)ncnc1C1CCCCC1. The van der Waals surface area contributed by atoms with Crippen LogP contribution in [0.5, 0.6) is 0 Å². The molecule has 4 heteroatoms. The first-order valence-corrected chi connectivity index (χ1v) is 5.74. The Bertz CT molecular complexity index is 324. The van der Waals surface area contributed by atoms with Gasteiger partial charge in [-0.1, -0.05) is 19.3 Å². The van der Waals surface area contributed by atoms with Gasteiger partial charge in [0.15, 0.2) is 5.82 Å². The Labute approximate surface area is 91.1 Å². The Morgan fingerprint density at radius 1 is 1.21 bits per heavy atom. The fourth-order valence-corrected chi connectivity index (χ4v) is 2.32. The standard InChI is InChI=1S/C10H12BrFN2/c11-10-8(12)9(13-6-14-10)7-4-2-1-3-5-7/h6-7H,1-5H2. The van der Waals surface area contributed by atoms with Crippen molar-refractivity contribution in [2.75, 3.05) is 0 Å². The minimum atomic E-state index is -0.278. The Morgan fingerprint density at radius 2 is 1.93 bits per heavy atom. The molecule has 1 heterocycles. The summed E-state index contributed by atoms with van der Waals surface area (Å²) < 4.78 is 13.9. The number of aromatic nitrogens is 2. The summed E-state index contributed by atoms with van der Waals surface area (Å²) in [5.74, 6) is 0.0162. The summed E-state index contributed by atoms with van der Waals surface area (Å²) >= 11 is 3.09. The van der Waals surface area contributed by atoms with E-state index < -0.39 is 0 Å². The first-order chi connectivity index (χ1) is 6.79. The van der Waals surface area contributed by atoms with Crippen LogP contribution in [0.3, 0.4) is 0 Å². The van der Waals surface area contributed by atoms with E-state index in [-0.39, 0.29) is 10.4 Å². The zero-order valence-electron chi connectivity index (χ0n) is 7.84. The van der Waals surface area contributed by atoms with Crippen LogP contribution in [-0.2, 0) is 0 Å². The fraction of sp³-hybridized carbons (Fsp3) is 0.600. The van der Waals surface area contributed by atoms with E-state index in [1.54, 1.807) is 0 Å². The molecular formula is C10H12BrFN2. The lowest BCUT2D eigenvalue weighted by Crippen LogP contribution is -2.09. The lowest BCUT2D eigenvalue weighted by Gasteiger charge is -2.21. The first-order valence-electron chi connectivity index (χ1n) is 4.95. The zero-order chi connectivity index (χ0) is 9.97. The van der Waals surface area contributed by atoms with Crippen molar-refractivity contribution in [2.45, 2.75) is 38.0 Å². The van der Waals surface area contributed by atoms with Gasteiger partial charge in [-0.3, -0.25) is 0 Å². The van der Waals surface area contributed by atoms with Gasteiger partial charge in [0.25, 0.3) is 0 Å². The maximum Gasteiger partial charge on any atom is 0.177 e. The predicted octanol–water partition coefficient (Wildman–Crippen LogP) is 3.43. The topological polar surface area (TPSA) is 25.8 Å². The third-order valence-corrected chi connectivity index (χ3v) is 3.32. The van der Waals surface area contributed by atoms with Crippen molar-refractivity contribution in [3.05, 3.63) is 22.4 Å². The van der Waals surface area contributed by atoms with Crippen LogP contribution in [0.15, 0.2) is 10.9 Å². The normalized spacial score (nSPS) is 18.4. The van der Waals surface area contributed by atoms with Crippen LogP contribution in [-0.4, -0.2) is 9.97 Å². The molecule has 0 spiro atoms. The summed E-state index contributed by atoms with van der Waals surface area (Å²) in [6.45, 7) is 0. The van der Waals surface area contributed by atoms with Crippen LogP contribution in [0, 0.1) is 5.82 Å². The highest BCUT2D eigenvalue weighted by molar-refractivity contribution is 9.10. The zero-order valence-corrected chi connectivity index (χ0v) is 9.43. The molecule has 0 radical (unpaired) electrons. The van der Waals surface area contributed by atoms with Gasteiger partial charge in [-0.2, -0.15) is 0 Å². The monoisotopic (exact) mass is 258 g/mol. The van der Waals surface area contributed by atoms with Crippen molar-refractivity contribution in [3.63, 3.8) is 0 Å². The highest BCUT2D eigenvalue weighted by Gasteiger charge is 2.21. The van der Waals surface area contributed by atoms with Gasteiger partial charge in [-0.15, -0.1) is 0 Å². The first kappa shape index (κ1) is 10.0. The van der Waals surface area contributed by atoms with E-state index in [0.717, 1.165) is 12.8 Å². The highest BCUT2D eigenvalue weighted by atomic mass is 79.9. The molecule has 0 amide bonds. The molecule has 76 valence electrons. The largest absolute Gasteiger partial charge is 0.238 e. The third-order valence-electron chi connectivity index (χ3n) is 2.77. The van der Waals surface area contributed by atoms with E-state index in [2.05, 4.69) is 25.9 Å². The maximum absolute atomic E-state index is 13.6. The number of hydrogen-bond acceptors (Lipinski definition) is 2. The second-order valence-electron chi connectivity index (χ2n) is 3.70. The fourth-order valence-electron chi connectivity index (χ4n) is 2.02. The molecule has 1 aromatic heterocycles. The summed E-state index contributed by atoms with van der Waals surface area (Å²) in [7, 11) is 0. The number of nitrogens with zero attached hydrogens (tertiary/aromatic N) is 2. The molecule has 1 aliphatic carbocycles. The average Bonchev–Trinajstić information content (AvgIpc) is 2.23. The molecule has 0 saturated heterocycles. The van der Waals surface area contributed by atoms with Gasteiger partial charge in [0.1, 0.15) is 10.9 Å². The van der Waals surface area contributed by atoms with Gasteiger partial charge in [0, 0.05) is 5.92 Å². The van der Waals surface area contributed by atoms with Crippen molar-refractivity contribution < 1.29 is 4.39 Å². The van der Waals surface area contributed by atoms with E-state index in [1.807, 2.05) is 0 Å². The quantitative estimate of drug-likeness (QED) is 0.722. The minimum absolute atomic E-state index is 0.278.